The number of sulfonamides is 1. The SMILES string of the molecule is CCOc1ccccc1OC(=O)C1CCN(S(=O)(=O)c2cc(Cl)ccc2Cl)CC1. The van der Waals surface area contributed by atoms with Crippen LogP contribution in [0.25, 0.3) is 0 Å². The second kappa shape index (κ2) is 9.34. The largest absolute Gasteiger partial charge is 0.490 e. The van der Waals surface area contributed by atoms with Gasteiger partial charge in [-0.1, -0.05) is 35.3 Å². The van der Waals surface area contributed by atoms with Gasteiger partial charge in [-0.3, -0.25) is 4.79 Å². The van der Waals surface area contributed by atoms with Crippen LogP contribution in [0.5, 0.6) is 11.5 Å². The molecule has 0 radical (unpaired) electrons. The normalized spacial score (nSPS) is 15.8. The molecule has 1 saturated heterocycles. The van der Waals surface area contributed by atoms with Crippen molar-refractivity contribution in [3.8, 4) is 11.5 Å². The summed E-state index contributed by atoms with van der Waals surface area (Å²) in [4.78, 5) is 12.5. The molecule has 156 valence electrons. The summed E-state index contributed by atoms with van der Waals surface area (Å²) in [6.07, 6.45) is 0.708. The standard InChI is InChI=1S/C20H21Cl2NO5S/c1-2-27-17-5-3-4-6-18(17)28-20(24)14-9-11-23(12-10-14)29(25,26)19-13-15(21)7-8-16(19)22/h3-8,13-14H,2,9-12H2,1H3. The van der Waals surface area contributed by atoms with Crippen LogP contribution >= 0.6 is 23.2 Å². The maximum Gasteiger partial charge on any atom is 0.314 e. The maximum absolute atomic E-state index is 12.9. The van der Waals surface area contributed by atoms with Gasteiger partial charge in [-0.2, -0.15) is 4.31 Å². The molecule has 3 rings (SSSR count). The molecule has 0 unspecified atom stereocenters. The van der Waals surface area contributed by atoms with E-state index in [-0.39, 0.29) is 23.0 Å². The molecule has 1 fully saturated rings. The smallest absolute Gasteiger partial charge is 0.314 e. The lowest BCUT2D eigenvalue weighted by Gasteiger charge is -2.30. The summed E-state index contributed by atoms with van der Waals surface area (Å²) in [6.45, 7) is 2.69. The summed E-state index contributed by atoms with van der Waals surface area (Å²) in [6, 6.07) is 11.3. The van der Waals surface area contributed by atoms with Crippen molar-refractivity contribution in [2.24, 2.45) is 5.92 Å². The zero-order valence-corrected chi connectivity index (χ0v) is 18.1. The van der Waals surface area contributed by atoms with Crippen molar-refractivity contribution in [2.75, 3.05) is 19.7 Å². The first-order valence-corrected chi connectivity index (χ1v) is 11.4. The lowest BCUT2D eigenvalue weighted by atomic mass is 9.98. The van der Waals surface area contributed by atoms with Crippen LogP contribution in [0.1, 0.15) is 19.8 Å². The second-order valence-corrected chi connectivity index (χ2v) is 9.30. The van der Waals surface area contributed by atoms with E-state index in [0.29, 0.717) is 36.0 Å². The van der Waals surface area contributed by atoms with E-state index in [2.05, 4.69) is 0 Å². The number of hydrogen-bond donors (Lipinski definition) is 0. The number of benzene rings is 2. The molecule has 1 heterocycles. The predicted molar refractivity (Wildman–Crippen MR) is 111 cm³/mol. The molecule has 1 aliphatic rings. The Morgan fingerprint density at radius 2 is 1.76 bits per heavy atom. The first-order valence-electron chi connectivity index (χ1n) is 9.21. The fourth-order valence-electron chi connectivity index (χ4n) is 3.15. The van der Waals surface area contributed by atoms with E-state index in [0.717, 1.165) is 0 Å². The van der Waals surface area contributed by atoms with Crippen molar-refractivity contribution in [3.63, 3.8) is 0 Å². The molecule has 2 aromatic rings. The fourth-order valence-corrected chi connectivity index (χ4v) is 5.35. The van der Waals surface area contributed by atoms with Crippen molar-refractivity contribution in [1.82, 2.24) is 4.31 Å². The third-order valence-corrected chi connectivity index (χ3v) is 7.27. The van der Waals surface area contributed by atoms with E-state index in [1.165, 1.54) is 22.5 Å². The van der Waals surface area contributed by atoms with E-state index in [4.69, 9.17) is 32.7 Å². The van der Waals surface area contributed by atoms with Gasteiger partial charge in [0, 0.05) is 18.1 Å². The number of carbonyl (C=O) groups excluding carboxylic acids is 1. The molecule has 6 nitrogen and oxygen atoms in total. The Hall–Kier alpha value is -1.80. The summed E-state index contributed by atoms with van der Waals surface area (Å²) in [5.41, 5.74) is 0. The second-order valence-electron chi connectivity index (χ2n) is 6.55. The van der Waals surface area contributed by atoms with Gasteiger partial charge in [-0.05, 0) is 50.1 Å². The van der Waals surface area contributed by atoms with Gasteiger partial charge in [0.1, 0.15) is 4.90 Å². The van der Waals surface area contributed by atoms with Crippen molar-refractivity contribution in [3.05, 3.63) is 52.5 Å². The highest BCUT2D eigenvalue weighted by Gasteiger charge is 2.34. The summed E-state index contributed by atoms with van der Waals surface area (Å²) < 4.78 is 38.1. The first-order chi connectivity index (χ1) is 13.8. The van der Waals surface area contributed by atoms with Crippen LogP contribution in [-0.2, 0) is 14.8 Å². The molecule has 29 heavy (non-hydrogen) atoms. The van der Waals surface area contributed by atoms with Gasteiger partial charge >= 0.3 is 5.97 Å². The van der Waals surface area contributed by atoms with Crippen LogP contribution in [-0.4, -0.2) is 38.4 Å². The molecule has 2 aromatic carbocycles. The minimum absolute atomic E-state index is 0.0293. The highest BCUT2D eigenvalue weighted by Crippen LogP contribution is 2.32. The van der Waals surface area contributed by atoms with Gasteiger partial charge in [0.2, 0.25) is 10.0 Å². The number of para-hydroxylation sites is 2. The van der Waals surface area contributed by atoms with Gasteiger partial charge in [-0.15, -0.1) is 0 Å². The summed E-state index contributed by atoms with van der Waals surface area (Å²) in [7, 11) is -3.79. The molecular formula is C20H21Cl2NO5S. The van der Waals surface area contributed by atoms with Crippen LogP contribution in [0.15, 0.2) is 47.4 Å². The van der Waals surface area contributed by atoms with Crippen LogP contribution in [0.4, 0.5) is 0 Å². The Kier molecular flexibility index (Phi) is 7.05. The molecule has 0 amide bonds. The van der Waals surface area contributed by atoms with E-state index in [1.54, 1.807) is 24.3 Å². The zero-order chi connectivity index (χ0) is 21.0. The highest BCUT2D eigenvalue weighted by atomic mass is 35.5. The van der Waals surface area contributed by atoms with Crippen LogP contribution in [0.2, 0.25) is 10.0 Å². The monoisotopic (exact) mass is 457 g/mol. The van der Waals surface area contributed by atoms with Gasteiger partial charge < -0.3 is 9.47 Å². The summed E-state index contributed by atoms with van der Waals surface area (Å²) >= 11 is 12.0. The summed E-state index contributed by atoms with van der Waals surface area (Å²) in [5.74, 6) is 0.0695. The Morgan fingerprint density at radius 3 is 2.41 bits per heavy atom. The number of piperidine rings is 1. The first kappa shape index (κ1) is 21.9. The average Bonchev–Trinajstić information content (AvgIpc) is 2.71. The molecule has 0 atom stereocenters. The maximum atomic E-state index is 12.9. The topological polar surface area (TPSA) is 72.9 Å². The molecule has 9 heteroatoms. The molecule has 0 aromatic heterocycles. The van der Waals surface area contributed by atoms with Crippen LogP contribution < -0.4 is 9.47 Å². The number of nitrogens with zero attached hydrogens (tertiary/aromatic N) is 1. The van der Waals surface area contributed by atoms with E-state index in [9.17, 15) is 13.2 Å². The Bertz CT molecular complexity index is 988. The molecule has 0 saturated carbocycles. The fraction of sp³-hybridized carbons (Fsp3) is 0.350. The Morgan fingerprint density at radius 1 is 1.10 bits per heavy atom. The Balaban J connectivity index is 1.66. The molecule has 1 aliphatic heterocycles. The van der Waals surface area contributed by atoms with Gasteiger partial charge in [0.15, 0.2) is 11.5 Å². The van der Waals surface area contributed by atoms with Crippen LogP contribution in [0.3, 0.4) is 0 Å². The zero-order valence-electron chi connectivity index (χ0n) is 15.8. The third kappa shape index (κ3) is 5.04. The lowest BCUT2D eigenvalue weighted by Crippen LogP contribution is -2.41. The third-order valence-electron chi connectivity index (χ3n) is 4.66. The number of halogens is 2. The van der Waals surface area contributed by atoms with Gasteiger partial charge in [0.05, 0.1) is 17.5 Å². The number of hydrogen-bond acceptors (Lipinski definition) is 5. The van der Waals surface area contributed by atoms with E-state index < -0.39 is 21.9 Å². The van der Waals surface area contributed by atoms with Crippen molar-refractivity contribution in [2.45, 2.75) is 24.7 Å². The summed E-state index contributed by atoms with van der Waals surface area (Å²) in [5, 5.41) is 0.405. The quantitative estimate of drug-likeness (QED) is 0.474. The minimum Gasteiger partial charge on any atom is -0.490 e. The molecule has 0 N–H and O–H groups in total. The Labute approximate surface area is 180 Å². The number of carbonyl (C=O) groups is 1. The molecule has 0 bridgehead atoms. The van der Waals surface area contributed by atoms with Crippen molar-refractivity contribution in [1.29, 1.82) is 0 Å². The van der Waals surface area contributed by atoms with Gasteiger partial charge in [-0.25, -0.2) is 8.42 Å². The van der Waals surface area contributed by atoms with E-state index in [1.807, 2.05) is 6.92 Å². The lowest BCUT2D eigenvalue weighted by molar-refractivity contribution is -0.140. The molecular weight excluding hydrogens is 437 g/mol. The number of rotatable bonds is 6. The van der Waals surface area contributed by atoms with Crippen molar-refractivity contribution >= 4 is 39.2 Å². The van der Waals surface area contributed by atoms with Crippen molar-refractivity contribution < 1.29 is 22.7 Å². The average molecular weight is 458 g/mol. The number of esters is 1. The van der Waals surface area contributed by atoms with E-state index >= 15 is 0 Å². The highest BCUT2D eigenvalue weighted by molar-refractivity contribution is 7.89. The molecule has 0 spiro atoms. The number of ether oxygens (including phenoxy) is 2. The minimum atomic E-state index is -3.79. The predicted octanol–water partition coefficient (Wildman–Crippen LogP) is 4.40. The molecule has 0 aliphatic carbocycles. The van der Waals surface area contributed by atoms with Gasteiger partial charge in [0.25, 0.3) is 0 Å². The van der Waals surface area contributed by atoms with Crippen LogP contribution in [0, 0.1) is 5.92 Å².